The Morgan fingerprint density at radius 3 is 2.52 bits per heavy atom. The first kappa shape index (κ1) is 18.7. The molecule has 0 aliphatic rings. The van der Waals surface area contributed by atoms with E-state index in [1.807, 2.05) is 45.0 Å². The summed E-state index contributed by atoms with van der Waals surface area (Å²) < 4.78 is 9.86. The van der Waals surface area contributed by atoms with Crippen LogP contribution in [0, 0.1) is 20.8 Å². The van der Waals surface area contributed by atoms with Gasteiger partial charge in [-0.25, -0.2) is 0 Å². The zero-order chi connectivity index (χ0) is 18.4. The topological polar surface area (TPSA) is 72.6 Å². The largest absolute Gasteiger partial charge is 0.468 e. The third-order valence-corrected chi connectivity index (χ3v) is 4.29. The van der Waals surface area contributed by atoms with Crippen molar-refractivity contribution in [3.05, 3.63) is 52.4 Å². The average Bonchev–Trinajstić information content (AvgIpc) is 2.92. The number of rotatable bonds is 7. The normalized spacial score (nSPS) is 10.6. The molecule has 1 heterocycles. The maximum atomic E-state index is 12.7. The number of hydrogen-bond donors (Lipinski definition) is 0. The lowest BCUT2D eigenvalue weighted by molar-refractivity contribution is -0.147. The van der Waals surface area contributed by atoms with Crippen molar-refractivity contribution in [2.45, 2.75) is 40.2 Å². The number of aryl methyl sites for hydroxylation is 3. The molecule has 0 aliphatic carbocycles. The van der Waals surface area contributed by atoms with E-state index in [0.29, 0.717) is 13.0 Å². The second-order valence-corrected chi connectivity index (χ2v) is 6.06. The molecule has 134 valence electrons. The number of methoxy groups -OCH3 is 1. The summed E-state index contributed by atoms with van der Waals surface area (Å²) in [5.41, 5.74) is 3.83. The summed E-state index contributed by atoms with van der Waals surface area (Å²) in [6, 6.07) is 7.82. The maximum absolute atomic E-state index is 12.7. The van der Waals surface area contributed by atoms with Crippen molar-refractivity contribution in [2.75, 3.05) is 13.7 Å². The molecule has 0 fully saturated rings. The number of nitrogens with zero attached hydrogens (tertiary/aromatic N) is 2. The molecule has 6 nitrogen and oxygen atoms in total. The molecule has 0 saturated carbocycles. The van der Waals surface area contributed by atoms with Gasteiger partial charge in [-0.1, -0.05) is 29.4 Å². The minimum Gasteiger partial charge on any atom is -0.468 e. The van der Waals surface area contributed by atoms with Crippen LogP contribution in [0.2, 0.25) is 0 Å². The van der Waals surface area contributed by atoms with Crippen molar-refractivity contribution in [3.63, 3.8) is 0 Å². The second-order valence-electron chi connectivity index (χ2n) is 6.06. The molecule has 0 saturated heterocycles. The van der Waals surface area contributed by atoms with Gasteiger partial charge in [-0.2, -0.15) is 0 Å². The van der Waals surface area contributed by atoms with Gasteiger partial charge in [0, 0.05) is 18.5 Å². The van der Waals surface area contributed by atoms with Crippen LogP contribution in [0.15, 0.2) is 28.8 Å². The molecule has 1 amide bonds. The zero-order valence-electron chi connectivity index (χ0n) is 15.2. The summed E-state index contributed by atoms with van der Waals surface area (Å²) in [6.45, 7) is 5.99. The average molecular weight is 344 g/mol. The molecule has 0 aliphatic heterocycles. The van der Waals surface area contributed by atoms with Gasteiger partial charge in [0.05, 0.1) is 12.8 Å². The third kappa shape index (κ3) is 4.92. The van der Waals surface area contributed by atoms with Gasteiger partial charge >= 0.3 is 5.97 Å². The Morgan fingerprint density at radius 2 is 1.92 bits per heavy atom. The van der Waals surface area contributed by atoms with E-state index in [9.17, 15) is 9.59 Å². The standard InChI is InChI=1S/C19H24N2O4/c1-13-7-5-6-8-16(13)11-21(12-19(23)24-4)18(22)10-9-17-14(2)20-25-15(17)3/h5-8H,9-12H2,1-4H3. The third-order valence-electron chi connectivity index (χ3n) is 4.29. The highest BCUT2D eigenvalue weighted by Crippen LogP contribution is 2.16. The van der Waals surface area contributed by atoms with Crippen molar-refractivity contribution in [1.29, 1.82) is 0 Å². The summed E-state index contributed by atoms with van der Waals surface area (Å²) in [6.07, 6.45) is 0.817. The number of ether oxygens (including phenoxy) is 1. The van der Waals surface area contributed by atoms with E-state index in [1.165, 1.54) is 12.0 Å². The summed E-state index contributed by atoms with van der Waals surface area (Å²) in [4.78, 5) is 25.9. The predicted molar refractivity (Wildman–Crippen MR) is 92.9 cm³/mol. The van der Waals surface area contributed by atoms with Crippen molar-refractivity contribution >= 4 is 11.9 Å². The minimum absolute atomic E-state index is 0.0642. The maximum Gasteiger partial charge on any atom is 0.325 e. The molecule has 0 atom stereocenters. The van der Waals surface area contributed by atoms with Gasteiger partial charge < -0.3 is 14.2 Å². The fourth-order valence-electron chi connectivity index (χ4n) is 2.69. The summed E-state index contributed by atoms with van der Waals surface area (Å²) >= 11 is 0. The van der Waals surface area contributed by atoms with Crippen LogP contribution in [0.4, 0.5) is 0 Å². The van der Waals surface area contributed by atoms with Crippen LogP contribution >= 0.6 is 0 Å². The first-order chi connectivity index (χ1) is 11.9. The molecule has 0 bridgehead atoms. The monoisotopic (exact) mass is 344 g/mol. The van der Waals surface area contributed by atoms with E-state index in [4.69, 9.17) is 9.26 Å². The summed E-state index contributed by atoms with van der Waals surface area (Å²) in [5.74, 6) is 0.191. The van der Waals surface area contributed by atoms with E-state index in [1.54, 1.807) is 0 Å². The molecule has 2 rings (SSSR count). The highest BCUT2D eigenvalue weighted by atomic mass is 16.5. The first-order valence-corrected chi connectivity index (χ1v) is 8.23. The van der Waals surface area contributed by atoms with Crippen LogP contribution < -0.4 is 0 Å². The molecule has 0 radical (unpaired) electrons. The van der Waals surface area contributed by atoms with Crippen molar-refractivity contribution < 1.29 is 18.8 Å². The van der Waals surface area contributed by atoms with Gasteiger partial charge in [0.1, 0.15) is 12.3 Å². The Balaban J connectivity index is 2.10. The number of amides is 1. The Bertz CT molecular complexity index is 732. The van der Waals surface area contributed by atoms with Crippen LogP contribution in [0.3, 0.4) is 0 Å². The lowest BCUT2D eigenvalue weighted by atomic mass is 10.1. The van der Waals surface area contributed by atoms with Crippen LogP contribution in [-0.4, -0.2) is 35.6 Å². The van der Waals surface area contributed by atoms with Gasteiger partial charge in [0.15, 0.2) is 0 Å². The van der Waals surface area contributed by atoms with Crippen LogP contribution in [0.25, 0.3) is 0 Å². The van der Waals surface area contributed by atoms with Gasteiger partial charge in [-0.3, -0.25) is 9.59 Å². The SMILES string of the molecule is COC(=O)CN(Cc1ccccc1C)C(=O)CCc1c(C)noc1C. The second kappa shape index (κ2) is 8.46. The summed E-state index contributed by atoms with van der Waals surface area (Å²) in [5, 5.41) is 3.91. The van der Waals surface area contributed by atoms with Gasteiger partial charge in [-0.15, -0.1) is 0 Å². The van der Waals surface area contributed by atoms with Crippen molar-refractivity contribution in [1.82, 2.24) is 10.1 Å². The molecular formula is C19H24N2O4. The molecule has 25 heavy (non-hydrogen) atoms. The van der Waals surface area contributed by atoms with E-state index in [2.05, 4.69) is 5.16 Å². The Morgan fingerprint density at radius 1 is 1.20 bits per heavy atom. The van der Waals surface area contributed by atoms with Crippen LogP contribution in [-0.2, 0) is 27.3 Å². The van der Waals surface area contributed by atoms with Gasteiger partial charge in [-0.05, 0) is 38.3 Å². The van der Waals surface area contributed by atoms with E-state index in [0.717, 1.165) is 28.1 Å². The number of benzene rings is 1. The molecule has 0 N–H and O–H groups in total. The van der Waals surface area contributed by atoms with E-state index >= 15 is 0 Å². The molecule has 2 aromatic rings. The fourth-order valence-corrected chi connectivity index (χ4v) is 2.69. The fraction of sp³-hybridized carbons (Fsp3) is 0.421. The lowest BCUT2D eigenvalue weighted by Crippen LogP contribution is -2.36. The Kier molecular flexibility index (Phi) is 6.33. The molecule has 0 spiro atoms. The molecular weight excluding hydrogens is 320 g/mol. The number of aromatic nitrogens is 1. The first-order valence-electron chi connectivity index (χ1n) is 8.23. The zero-order valence-corrected chi connectivity index (χ0v) is 15.2. The number of carbonyl (C=O) groups excluding carboxylic acids is 2. The van der Waals surface area contributed by atoms with Gasteiger partial charge in [0.2, 0.25) is 5.91 Å². The Hall–Kier alpha value is -2.63. The van der Waals surface area contributed by atoms with E-state index < -0.39 is 5.97 Å². The highest BCUT2D eigenvalue weighted by molar-refractivity contribution is 5.82. The van der Waals surface area contributed by atoms with Gasteiger partial charge in [0.25, 0.3) is 0 Å². The lowest BCUT2D eigenvalue weighted by Gasteiger charge is -2.22. The van der Waals surface area contributed by atoms with E-state index in [-0.39, 0.29) is 18.9 Å². The molecule has 6 heteroatoms. The van der Waals surface area contributed by atoms with Crippen LogP contribution in [0.5, 0.6) is 0 Å². The number of carbonyl (C=O) groups is 2. The Labute approximate surface area is 147 Å². The van der Waals surface area contributed by atoms with Crippen molar-refractivity contribution in [2.24, 2.45) is 0 Å². The summed E-state index contributed by atoms with van der Waals surface area (Å²) in [7, 11) is 1.32. The quantitative estimate of drug-likeness (QED) is 0.722. The number of esters is 1. The molecule has 1 aromatic carbocycles. The highest BCUT2D eigenvalue weighted by Gasteiger charge is 2.20. The smallest absolute Gasteiger partial charge is 0.325 e. The van der Waals surface area contributed by atoms with Crippen molar-refractivity contribution in [3.8, 4) is 0 Å². The minimum atomic E-state index is -0.431. The molecule has 1 aromatic heterocycles. The number of hydrogen-bond acceptors (Lipinski definition) is 5. The van der Waals surface area contributed by atoms with Crippen LogP contribution in [0.1, 0.15) is 34.6 Å². The predicted octanol–water partition coefficient (Wildman–Crippen LogP) is 2.73. The molecule has 0 unspecified atom stereocenters.